The summed E-state index contributed by atoms with van der Waals surface area (Å²) in [6, 6.07) is 0. The van der Waals surface area contributed by atoms with Crippen LogP contribution in [0.15, 0.2) is 24.3 Å². The van der Waals surface area contributed by atoms with E-state index in [9.17, 15) is 0 Å². The Hall–Kier alpha value is -0.520. The predicted octanol–water partition coefficient (Wildman–Crippen LogP) is 5.71. The van der Waals surface area contributed by atoms with Crippen molar-refractivity contribution >= 4 is 0 Å². The maximum Gasteiger partial charge on any atom is -0.00272 e. The Balaban J connectivity index is 1.74. The van der Waals surface area contributed by atoms with Crippen molar-refractivity contribution in [2.24, 2.45) is 17.8 Å². The Morgan fingerprint density at radius 1 is 0.778 bits per heavy atom. The quantitative estimate of drug-likeness (QED) is 0.559. The van der Waals surface area contributed by atoms with Crippen molar-refractivity contribution in [2.45, 2.75) is 65.2 Å². The fraction of sp³-hybridized carbons (Fsp3) is 0.722. The molecule has 0 unspecified atom stereocenters. The summed E-state index contributed by atoms with van der Waals surface area (Å²) in [7, 11) is 0. The molecule has 0 atom stereocenters. The van der Waals surface area contributed by atoms with E-state index in [1.807, 2.05) is 0 Å². The van der Waals surface area contributed by atoms with Crippen LogP contribution in [0.4, 0.5) is 0 Å². The minimum atomic E-state index is 0.889. The Morgan fingerprint density at radius 3 is 1.94 bits per heavy atom. The zero-order valence-electron chi connectivity index (χ0n) is 12.2. The Morgan fingerprint density at radius 2 is 1.39 bits per heavy atom. The van der Waals surface area contributed by atoms with Crippen LogP contribution in [0.3, 0.4) is 0 Å². The lowest BCUT2D eigenvalue weighted by Crippen LogP contribution is -2.24. The molecule has 18 heavy (non-hydrogen) atoms. The molecule has 0 spiro atoms. The molecule has 2 fully saturated rings. The van der Waals surface area contributed by atoms with Crippen molar-refractivity contribution in [1.29, 1.82) is 0 Å². The molecule has 0 heterocycles. The van der Waals surface area contributed by atoms with Gasteiger partial charge in [-0.3, -0.25) is 0 Å². The highest BCUT2D eigenvalue weighted by Crippen LogP contribution is 2.42. The number of hydrogen-bond acceptors (Lipinski definition) is 0. The van der Waals surface area contributed by atoms with E-state index in [0.29, 0.717) is 0 Å². The Labute approximate surface area is 114 Å². The molecule has 0 N–H and O–H groups in total. The first-order chi connectivity index (χ1) is 8.83. The van der Waals surface area contributed by atoms with Crippen LogP contribution in [0.2, 0.25) is 0 Å². The molecule has 1 radical (unpaired) electrons. The molecule has 2 aliphatic rings. The topological polar surface area (TPSA) is 0 Å². The molecular formula is C18H29. The monoisotopic (exact) mass is 245 g/mol. The summed E-state index contributed by atoms with van der Waals surface area (Å²) in [4.78, 5) is 0. The number of rotatable bonds is 3. The van der Waals surface area contributed by atoms with Crippen molar-refractivity contribution in [1.82, 2.24) is 0 Å². The maximum absolute atomic E-state index is 2.43. The molecule has 2 aliphatic carbocycles. The Kier molecular flexibility index (Phi) is 5.53. The third-order valence-electron chi connectivity index (χ3n) is 5.02. The first-order valence-corrected chi connectivity index (χ1v) is 7.93. The molecule has 2 rings (SSSR count). The lowest BCUT2D eigenvalue weighted by atomic mass is 9.69. The molecule has 2 saturated carbocycles. The number of hydrogen-bond donors (Lipinski definition) is 0. The first kappa shape index (κ1) is 13.9. The summed E-state index contributed by atoms with van der Waals surface area (Å²) in [5, 5.41) is 0. The molecule has 0 heteroatoms. The highest BCUT2D eigenvalue weighted by molar-refractivity contribution is 5.11. The van der Waals surface area contributed by atoms with E-state index >= 15 is 0 Å². The van der Waals surface area contributed by atoms with Gasteiger partial charge in [-0.2, -0.15) is 0 Å². The second-order valence-corrected chi connectivity index (χ2v) is 6.20. The molecule has 0 aromatic heterocycles. The van der Waals surface area contributed by atoms with Crippen LogP contribution in [0, 0.1) is 23.7 Å². The Bertz CT molecular complexity index is 240. The SMILES string of the molecule is C/C=C/[C]1CCC(C2CCC(/C=C/C)CC2)CC1. The van der Waals surface area contributed by atoms with Crippen molar-refractivity contribution in [3.05, 3.63) is 30.2 Å². The van der Waals surface area contributed by atoms with Gasteiger partial charge < -0.3 is 0 Å². The van der Waals surface area contributed by atoms with Gasteiger partial charge in [0, 0.05) is 0 Å². The van der Waals surface area contributed by atoms with Gasteiger partial charge in [0.1, 0.15) is 0 Å². The molecule has 0 aromatic carbocycles. The van der Waals surface area contributed by atoms with Crippen LogP contribution < -0.4 is 0 Å². The summed E-state index contributed by atoms with van der Waals surface area (Å²) < 4.78 is 0. The molecule has 0 nitrogen and oxygen atoms in total. The molecule has 0 amide bonds. The van der Waals surface area contributed by atoms with Gasteiger partial charge in [0.25, 0.3) is 0 Å². The van der Waals surface area contributed by atoms with E-state index < -0.39 is 0 Å². The molecule has 0 aliphatic heterocycles. The van der Waals surface area contributed by atoms with Crippen LogP contribution in [0.1, 0.15) is 65.2 Å². The summed E-state index contributed by atoms with van der Waals surface area (Å²) >= 11 is 0. The molecule has 101 valence electrons. The van der Waals surface area contributed by atoms with Crippen LogP contribution in [0.5, 0.6) is 0 Å². The predicted molar refractivity (Wildman–Crippen MR) is 80.3 cm³/mol. The standard InChI is InChI=1S/C18H29/c1-3-5-15-7-11-17(12-8-15)18-13-9-16(6-4-2)10-14-18/h3-6,15,17-18H,7-14H2,1-2H3/b5-3+,6-4+. The van der Waals surface area contributed by atoms with E-state index in [1.54, 1.807) is 5.92 Å². The zero-order valence-corrected chi connectivity index (χ0v) is 12.2. The second kappa shape index (κ2) is 7.16. The van der Waals surface area contributed by atoms with Crippen molar-refractivity contribution in [2.75, 3.05) is 0 Å². The van der Waals surface area contributed by atoms with Gasteiger partial charge >= 0.3 is 0 Å². The van der Waals surface area contributed by atoms with Gasteiger partial charge in [0.15, 0.2) is 0 Å². The number of allylic oxidation sites excluding steroid dienone is 4. The first-order valence-electron chi connectivity index (χ1n) is 7.93. The van der Waals surface area contributed by atoms with Gasteiger partial charge in [-0.1, -0.05) is 24.3 Å². The smallest absolute Gasteiger partial charge is 0.00272 e. The van der Waals surface area contributed by atoms with Crippen molar-refractivity contribution < 1.29 is 0 Å². The highest BCUT2D eigenvalue weighted by atomic mass is 14.3. The molecule has 0 saturated heterocycles. The van der Waals surface area contributed by atoms with Gasteiger partial charge in [-0.05, 0) is 88.9 Å². The maximum atomic E-state index is 2.43. The molecular weight excluding hydrogens is 216 g/mol. The van der Waals surface area contributed by atoms with Crippen LogP contribution in [0.25, 0.3) is 0 Å². The fourth-order valence-corrected chi connectivity index (χ4v) is 3.97. The minimum absolute atomic E-state index is 0.889. The third-order valence-corrected chi connectivity index (χ3v) is 5.02. The van der Waals surface area contributed by atoms with Crippen molar-refractivity contribution in [3.8, 4) is 0 Å². The largest absolute Gasteiger partial charge is 0.0914 e. The average molecular weight is 245 g/mol. The third kappa shape index (κ3) is 3.73. The van der Waals surface area contributed by atoms with E-state index in [2.05, 4.69) is 38.2 Å². The lowest BCUT2D eigenvalue weighted by molar-refractivity contribution is 0.188. The van der Waals surface area contributed by atoms with Gasteiger partial charge in [0.2, 0.25) is 0 Å². The van der Waals surface area contributed by atoms with Gasteiger partial charge in [-0.15, -0.1) is 0 Å². The summed E-state index contributed by atoms with van der Waals surface area (Å²) in [5.41, 5.74) is 0. The van der Waals surface area contributed by atoms with E-state index in [4.69, 9.17) is 0 Å². The van der Waals surface area contributed by atoms with Crippen LogP contribution in [-0.2, 0) is 0 Å². The summed E-state index contributed by atoms with van der Waals surface area (Å²) in [6.07, 6.45) is 20.7. The second-order valence-electron chi connectivity index (χ2n) is 6.20. The van der Waals surface area contributed by atoms with Crippen LogP contribution in [-0.4, -0.2) is 0 Å². The van der Waals surface area contributed by atoms with Gasteiger partial charge in [0.05, 0.1) is 0 Å². The normalized spacial score (nSPS) is 32.6. The van der Waals surface area contributed by atoms with E-state index in [1.165, 1.54) is 51.4 Å². The molecule has 0 aromatic rings. The highest BCUT2D eigenvalue weighted by Gasteiger charge is 2.29. The minimum Gasteiger partial charge on any atom is -0.0914 e. The average Bonchev–Trinajstić information content (AvgIpc) is 2.41. The van der Waals surface area contributed by atoms with Gasteiger partial charge in [-0.25, -0.2) is 0 Å². The summed E-state index contributed by atoms with van der Waals surface area (Å²) in [5.74, 6) is 4.65. The van der Waals surface area contributed by atoms with E-state index in [0.717, 1.165) is 17.8 Å². The summed E-state index contributed by atoms with van der Waals surface area (Å²) in [6.45, 7) is 4.30. The lowest BCUT2D eigenvalue weighted by Gasteiger charge is -2.36. The zero-order chi connectivity index (χ0) is 12.8. The fourth-order valence-electron chi connectivity index (χ4n) is 3.97. The van der Waals surface area contributed by atoms with Crippen LogP contribution >= 0.6 is 0 Å². The molecule has 0 bridgehead atoms. The van der Waals surface area contributed by atoms with E-state index in [-0.39, 0.29) is 0 Å². The van der Waals surface area contributed by atoms with Crippen molar-refractivity contribution in [3.63, 3.8) is 0 Å².